The van der Waals surface area contributed by atoms with Crippen LogP contribution in [0.3, 0.4) is 0 Å². The van der Waals surface area contributed by atoms with Gasteiger partial charge in [0, 0.05) is 35.7 Å². The predicted molar refractivity (Wildman–Crippen MR) is 122 cm³/mol. The van der Waals surface area contributed by atoms with Gasteiger partial charge in [-0.1, -0.05) is 36.4 Å². The number of nitrogens with zero attached hydrogens (tertiary/aromatic N) is 2. The molecule has 160 valence electrons. The Labute approximate surface area is 184 Å². The Morgan fingerprint density at radius 1 is 0.938 bits per heavy atom. The zero-order chi connectivity index (χ0) is 22.1. The maximum Gasteiger partial charge on any atom is 0.272 e. The molecule has 7 nitrogen and oxygen atoms in total. The Balaban J connectivity index is 1.36. The third kappa shape index (κ3) is 3.58. The first-order valence-electron chi connectivity index (χ1n) is 10.3. The van der Waals surface area contributed by atoms with E-state index in [9.17, 15) is 9.59 Å². The summed E-state index contributed by atoms with van der Waals surface area (Å²) in [5.41, 5.74) is 2.13. The van der Waals surface area contributed by atoms with Gasteiger partial charge in [-0.3, -0.25) is 9.59 Å². The summed E-state index contributed by atoms with van der Waals surface area (Å²) in [5, 5.41) is 8.18. The van der Waals surface area contributed by atoms with E-state index in [2.05, 4.69) is 10.2 Å². The molecule has 5 rings (SSSR count). The molecule has 7 heteroatoms. The van der Waals surface area contributed by atoms with Crippen molar-refractivity contribution in [2.24, 2.45) is 0 Å². The Morgan fingerprint density at radius 3 is 2.47 bits per heavy atom. The summed E-state index contributed by atoms with van der Waals surface area (Å²) in [6.45, 7) is 0.576. The minimum absolute atomic E-state index is 0.0758. The van der Waals surface area contributed by atoms with E-state index in [1.807, 2.05) is 60.7 Å². The molecule has 0 bridgehead atoms. The highest BCUT2D eigenvalue weighted by Crippen LogP contribution is 2.30. The first kappa shape index (κ1) is 19.8. The van der Waals surface area contributed by atoms with E-state index in [1.165, 1.54) is 0 Å². The number of hydrogen-bond donors (Lipinski definition) is 1. The number of ether oxygens (including phenoxy) is 2. The Morgan fingerprint density at radius 2 is 1.69 bits per heavy atom. The van der Waals surface area contributed by atoms with Gasteiger partial charge in [-0.2, -0.15) is 5.10 Å². The van der Waals surface area contributed by atoms with Gasteiger partial charge in [0.2, 0.25) is 0 Å². The fraction of sp³-hybridized carbons (Fsp3) is 0.160. The van der Waals surface area contributed by atoms with Crippen LogP contribution in [-0.4, -0.2) is 35.9 Å². The molecule has 1 amide bonds. The number of carbonyl (C=O) groups is 1. The van der Waals surface area contributed by atoms with Crippen LogP contribution >= 0.6 is 0 Å². The number of carbonyl (C=O) groups excluding carboxylic acids is 1. The van der Waals surface area contributed by atoms with E-state index in [0.29, 0.717) is 35.5 Å². The maximum atomic E-state index is 12.9. The van der Waals surface area contributed by atoms with Crippen molar-refractivity contribution >= 4 is 22.4 Å². The van der Waals surface area contributed by atoms with Crippen LogP contribution in [0.5, 0.6) is 11.5 Å². The number of aromatic amines is 1. The molecule has 0 saturated carbocycles. The molecule has 1 saturated heterocycles. The van der Waals surface area contributed by atoms with Crippen molar-refractivity contribution in [2.45, 2.75) is 12.5 Å². The van der Waals surface area contributed by atoms with E-state index >= 15 is 0 Å². The minimum atomic E-state index is -0.536. The number of nitrogens with one attached hydrogen (secondary N) is 1. The number of amides is 1. The van der Waals surface area contributed by atoms with E-state index in [-0.39, 0.29) is 11.5 Å². The lowest BCUT2D eigenvalue weighted by atomic mass is 10.0. The lowest BCUT2D eigenvalue weighted by molar-refractivity contribution is -0.122. The Bertz CT molecular complexity index is 1350. The number of hydrogen-bond acceptors (Lipinski definition) is 5. The van der Waals surface area contributed by atoms with Crippen molar-refractivity contribution in [2.75, 3.05) is 18.6 Å². The van der Waals surface area contributed by atoms with Gasteiger partial charge in [-0.25, -0.2) is 5.10 Å². The number of H-pyrrole nitrogens is 1. The number of fused-ring (bicyclic) bond motifs is 1. The number of rotatable bonds is 5. The van der Waals surface area contributed by atoms with Crippen LogP contribution < -0.4 is 19.9 Å². The van der Waals surface area contributed by atoms with Crippen molar-refractivity contribution in [3.63, 3.8) is 0 Å². The van der Waals surface area contributed by atoms with E-state index in [1.54, 1.807) is 24.1 Å². The monoisotopic (exact) mass is 427 g/mol. The fourth-order valence-corrected chi connectivity index (χ4v) is 3.99. The lowest BCUT2D eigenvalue weighted by Crippen LogP contribution is -2.32. The van der Waals surface area contributed by atoms with Gasteiger partial charge in [0.15, 0.2) is 6.10 Å². The largest absolute Gasteiger partial charge is 0.497 e. The van der Waals surface area contributed by atoms with Crippen LogP contribution in [0.2, 0.25) is 0 Å². The number of anilines is 1. The minimum Gasteiger partial charge on any atom is -0.497 e. The highest BCUT2D eigenvalue weighted by atomic mass is 16.5. The SMILES string of the molecule is COc1cccc(OC2CCN(c3ccc(-c4n[nH]c(=O)c5ccccc45)cc3)C2=O)c1. The molecule has 1 aliphatic rings. The number of benzene rings is 3. The van der Waals surface area contributed by atoms with Gasteiger partial charge >= 0.3 is 0 Å². The first-order chi connectivity index (χ1) is 15.6. The summed E-state index contributed by atoms with van der Waals surface area (Å²) in [4.78, 5) is 26.7. The van der Waals surface area contributed by atoms with E-state index in [0.717, 1.165) is 16.6 Å². The molecule has 1 unspecified atom stereocenters. The second kappa shape index (κ2) is 8.19. The van der Waals surface area contributed by atoms with Crippen LogP contribution in [0, 0.1) is 0 Å². The van der Waals surface area contributed by atoms with E-state index < -0.39 is 6.10 Å². The third-order valence-corrected chi connectivity index (χ3v) is 5.62. The maximum absolute atomic E-state index is 12.9. The molecule has 1 fully saturated rings. The fourth-order valence-electron chi connectivity index (χ4n) is 3.99. The molecule has 1 atom stereocenters. The summed E-state index contributed by atoms with van der Waals surface area (Å²) in [6.07, 6.45) is 0.0655. The molecule has 4 aromatic rings. The van der Waals surface area contributed by atoms with Crippen LogP contribution in [-0.2, 0) is 4.79 Å². The zero-order valence-corrected chi connectivity index (χ0v) is 17.4. The second-order valence-electron chi connectivity index (χ2n) is 7.56. The molecule has 2 heterocycles. The normalized spacial score (nSPS) is 15.8. The molecule has 1 aliphatic heterocycles. The Kier molecular flexibility index (Phi) is 5.07. The summed E-state index contributed by atoms with van der Waals surface area (Å²) < 4.78 is 11.1. The van der Waals surface area contributed by atoms with Crippen LogP contribution in [0.1, 0.15) is 6.42 Å². The number of methoxy groups -OCH3 is 1. The molecule has 1 N–H and O–H groups in total. The molecule has 1 aromatic heterocycles. The highest BCUT2D eigenvalue weighted by molar-refractivity contribution is 5.99. The zero-order valence-electron chi connectivity index (χ0n) is 17.4. The van der Waals surface area contributed by atoms with Gasteiger partial charge in [0.25, 0.3) is 11.5 Å². The summed E-state index contributed by atoms with van der Waals surface area (Å²) >= 11 is 0. The summed E-state index contributed by atoms with van der Waals surface area (Å²) in [6, 6.07) is 22.2. The molecule has 0 aliphatic carbocycles. The molecular formula is C25H21N3O4. The summed E-state index contributed by atoms with van der Waals surface area (Å²) in [7, 11) is 1.59. The van der Waals surface area contributed by atoms with Crippen molar-refractivity contribution in [3.05, 3.63) is 83.2 Å². The standard InChI is InChI=1S/C25H21N3O4/c1-31-18-5-4-6-19(15-18)32-22-13-14-28(25(22)30)17-11-9-16(10-12-17)23-20-7-2-3-8-21(20)24(29)27-26-23/h2-12,15,22H,13-14H2,1H3,(H,27,29). The van der Waals surface area contributed by atoms with E-state index in [4.69, 9.17) is 9.47 Å². The van der Waals surface area contributed by atoms with Gasteiger partial charge in [-0.05, 0) is 30.3 Å². The lowest BCUT2D eigenvalue weighted by Gasteiger charge is -2.18. The van der Waals surface area contributed by atoms with Crippen LogP contribution in [0.15, 0.2) is 77.6 Å². The highest BCUT2D eigenvalue weighted by Gasteiger charge is 2.34. The average molecular weight is 427 g/mol. The van der Waals surface area contributed by atoms with Crippen LogP contribution in [0.25, 0.3) is 22.0 Å². The molecule has 3 aromatic carbocycles. The predicted octanol–water partition coefficient (Wildman–Crippen LogP) is 3.78. The third-order valence-electron chi connectivity index (χ3n) is 5.62. The topological polar surface area (TPSA) is 84.5 Å². The summed E-state index contributed by atoms with van der Waals surface area (Å²) in [5.74, 6) is 1.22. The first-order valence-corrected chi connectivity index (χ1v) is 10.3. The average Bonchev–Trinajstić information content (AvgIpc) is 3.19. The van der Waals surface area contributed by atoms with Crippen molar-refractivity contribution in [3.8, 4) is 22.8 Å². The van der Waals surface area contributed by atoms with Gasteiger partial charge in [-0.15, -0.1) is 0 Å². The Hall–Kier alpha value is -4.13. The molecule has 0 radical (unpaired) electrons. The van der Waals surface area contributed by atoms with Crippen molar-refractivity contribution in [1.82, 2.24) is 10.2 Å². The van der Waals surface area contributed by atoms with Gasteiger partial charge in [0.05, 0.1) is 18.2 Å². The van der Waals surface area contributed by atoms with Crippen LogP contribution in [0.4, 0.5) is 5.69 Å². The van der Waals surface area contributed by atoms with Gasteiger partial charge in [0.1, 0.15) is 11.5 Å². The van der Waals surface area contributed by atoms with Crippen molar-refractivity contribution < 1.29 is 14.3 Å². The molecule has 32 heavy (non-hydrogen) atoms. The molecular weight excluding hydrogens is 406 g/mol. The second-order valence-corrected chi connectivity index (χ2v) is 7.56. The smallest absolute Gasteiger partial charge is 0.272 e. The quantitative estimate of drug-likeness (QED) is 0.524. The van der Waals surface area contributed by atoms with Crippen molar-refractivity contribution in [1.29, 1.82) is 0 Å². The number of aromatic nitrogens is 2. The molecule has 0 spiro atoms. The van der Waals surface area contributed by atoms with Gasteiger partial charge < -0.3 is 14.4 Å².